The van der Waals surface area contributed by atoms with Crippen LogP contribution in [0.5, 0.6) is 0 Å². The molecule has 0 aliphatic heterocycles. The van der Waals surface area contributed by atoms with Crippen LogP contribution in [0.2, 0.25) is 0 Å². The van der Waals surface area contributed by atoms with Crippen LogP contribution in [-0.4, -0.2) is 64.2 Å². The maximum Gasteiger partial charge on any atom is 0.327 e. The van der Waals surface area contributed by atoms with Gasteiger partial charge in [-0.3, -0.25) is 14.4 Å². The fourth-order valence-corrected chi connectivity index (χ4v) is 3.02. The van der Waals surface area contributed by atoms with Crippen LogP contribution in [-0.2, 0) is 25.6 Å². The summed E-state index contributed by atoms with van der Waals surface area (Å²) in [4.78, 5) is 50.2. The molecule has 1 heterocycles. The number of thiol groups is 1. The van der Waals surface area contributed by atoms with Gasteiger partial charge in [0, 0.05) is 22.9 Å². The molecule has 0 aliphatic rings. The van der Waals surface area contributed by atoms with E-state index in [4.69, 9.17) is 10.8 Å². The first-order valence-corrected chi connectivity index (χ1v) is 9.87. The van der Waals surface area contributed by atoms with Crippen molar-refractivity contribution in [2.75, 3.05) is 12.3 Å². The molecule has 7 N–H and O–H groups in total. The van der Waals surface area contributed by atoms with Crippen LogP contribution in [0.25, 0.3) is 10.9 Å². The van der Waals surface area contributed by atoms with Crippen molar-refractivity contribution in [1.82, 2.24) is 20.9 Å². The molecule has 0 aliphatic carbocycles. The van der Waals surface area contributed by atoms with Gasteiger partial charge in [0.1, 0.15) is 12.1 Å². The van der Waals surface area contributed by atoms with E-state index in [1.165, 1.54) is 6.92 Å². The van der Waals surface area contributed by atoms with E-state index < -0.39 is 41.8 Å². The number of carboxylic acids is 1. The average molecular weight is 436 g/mol. The number of carbonyl (C=O) groups excluding carboxylic acids is 3. The third-order valence-corrected chi connectivity index (χ3v) is 4.81. The largest absolute Gasteiger partial charge is 0.480 e. The number of carboxylic acid groups (broad SMARTS) is 1. The number of aliphatic carboxylic acids is 1. The molecule has 1 aromatic carbocycles. The van der Waals surface area contributed by atoms with Crippen LogP contribution in [0.15, 0.2) is 30.5 Å². The predicted molar refractivity (Wildman–Crippen MR) is 114 cm³/mol. The number of fused-ring (bicyclic) bond motifs is 1. The van der Waals surface area contributed by atoms with Crippen molar-refractivity contribution in [2.45, 2.75) is 31.5 Å². The highest BCUT2D eigenvalue weighted by Crippen LogP contribution is 2.18. The maximum atomic E-state index is 12.2. The van der Waals surface area contributed by atoms with Crippen LogP contribution in [0.1, 0.15) is 12.5 Å². The Morgan fingerprint density at radius 1 is 1.17 bits per heavy atom. The lowest BCUT2D eigenvalue weighted by Crippen LogP contribution is -2.53. The quantitative estimate of drug-likeness (QED) is 0.240. The smallest absolute Gasteiger partial charge is 0.327 e. The molecular weight excluding hydrogens is 410 g/mol. The molecule has 0 spiro atoms. The minimum absolute atomic E-state index is 0.0912. The zero-order valence-electron chi connectivity index (χ0n) is 16.3. The Morgan fingerprint density at radius 2 is 1.87 bits per heavy atom. The second-order valence-corrected chi connectivity index (χ2v) is 7.12. The van der Waals surface area contributed by atoms with Gasteiger partial charge in [0.15, 0.2) is 0 Å². The average Bonchev–Trinajstić information content (AvgIpc) is 3.12. The lowest BCUT2D eigenvalue weighted by Gasteiger charge is -2.18. The van der Waals surface area contributed by atoms with Crippen LogP contribution in [0.4, 0.5) is 0 Å². The van der Waals surface area contributed by atoms with Gasteiger partial charge in [-0.25, -0.2) is 4.79 Å². The van der Waals surface area contributed by atoms with E-state index >= 15 is 0 Å². The Kier molecular flexibility index (Phi) is 8.25. The monoisotopic (exact) mass is 435 g/mol. The lowest BCUT2D eigenvalue weighted by molar-refractivity contribution is -0.141. The molecular formula is C19H25N5O5S. The van der Waals surface area contributed by atoms with E-state index in [0.717, 1.165) is 16.5 Å². The molecule has 0 saturated heterocycles. The molecule has 30 heavy (non-hydrogen) atoms. The Bertz CT molecular complexity index is 931. The topological polar surface area (TPSA) is 166 Å². The van der Waals surface area contributed by atoms with E-state index in [1.54, 1.807) is 6.20 Å². The number of hydrogen-bond donors (Lipinski definition) is 7. The summed E-state index contributed by atoms with van der Waals surface area (Å²) >= 11 is 3.85. The van der Waals surface area contributed by atoms with Gasteiger partial charge < -0.3 is 31.8 Å². The van der Waals surface area contributed by atoms with Gasteiger partial charge in [-0.2, -0.15) is 12.6 Å². The van der Waals surface area contributed by atoms with Gasteiger partial charge >= 0.3 is 5.97 Å². The zero-order valence-corrected chi connectivity index (χ0v) is 17.2. The van der Waals surface area contributed by atoms with Crippen LogP contribution in [0.3, 0.4) is 0 Å². The number of para-hydroxylation sites is 1. The third kappa shape index (κ3) is 6.22. The van der Waals surface area contributed by atoms with Crippen LogP contribution in [0, 0.1) is 0 Å². The molecule has 3 atom stereocenters. The van der Waals surface area contributed by atoms with Gasteiger partial charge in [0.25, 0.3) is 0 Å². The van der Waals surface area contributed by atoms with Gasteiger partial charge in [0.05, 0.1) is 12.6 Å². The van der Waals surface area contributed by atoms with E-state index in [2.05, 4.69) is 33.6 Å². The summed E-state index contributed by atoms with van der Waals surface area (Å²) in [5.41, 5.74) is 7.78. The molecule has 2 aromatic rings. The predicted octanol–water partition coefficient (Wildman–Crippen LogP) is -0.842. The SMILES string of the molecule is CC(NC(=O)CNC(=O)C(N)Cc1c[nH]c2ccccc12)C(=O)NC(CS)C(=O)O. The van der Waals surface area contributed by atoms with Gasteiger partial charge in [-0.1, -0.05) is 18.2 Å². The van der Waals surface area contributed by atoms with Crippen LogP contribution < -0.4 is 21.7 Å². The molecule has 0 fully saturated rings. The molecule has 3 unspecified atom stereocenters. The highest BCUT2D eigenvalue weighted by atomic mass is 32.1. The number of rotatable bonds is 10. The second-order valence-electron chi connectivity index (χ2n) is 6.76. The first-order chi connectivity index (χ1) is 14.2. The van der Waals surface area contributed by atoms with Crippen molar-refractivity contribution in [3.05, 3.63) is 36.0 Å². The number of benzene rings is 1. The summed E-state index contributed by atoms with van der Waals surface area (Å²) in [6.45, 7) is 1.03. The van der Waals surface area contributed by atoms with Gasteiger partial charge in [0.2, 0.25) is 17.7 Å². The Hall–Kier alpha value is -3.05. The molecule has 1 aromatic heterocycles. The number of hydrogen-bond acceptors (Lipinski definition) is 6. The number of H-pyrrole nitrogens is 1. The normalized spacial score (nSPS) is 13.8. The molecule has 2 rings (SSSR count). The summed E-state index contributed by atoms with van der Waals surface area (Å²) in [5, 5.41) is 17.0. The maximum absolute atomic E-state index is 12.2. The first-order valence-electron chi connectivity index (χ1n) is 9.24. The first kappa shape index (κ1) is 23.2. The Balaban J connectivity index is 1.79. The minimum atomic E-state index is -1.23. The summed E-state index contributed by atoms with van der Waals surface area (Å²) in [6, 6.07) is 4.62. The molecule has 0 bridgehead atoms. The number of amides is 3. The third-order valence-electron chi connectivity index (χ3n) is 4.44. The zero-order chi connectivity index (χ0) is 22.3. The summed E-state index contributed by atoms with van der Waals surface area (Å²) in [7, 11) is 0. The number of nitrogens with two attached hydrogens (primary N) is 1. The van der Waals surface area contributed by atoms with E-state index in [-0.39, 0.29) is 18.7 Å². The summed E-state index contributed by atoms with van der Waals surface area (Å²) in [5.74, 6) is -3.11. The lowest BCUT2D eigenvalue weighted by atomic mass is 10.1. The van der Waals surface area contributed by atoms with E-state index in [1.807, 2.05) is 24.3 Å². The standard InChI is InChI=1S/C19H25N5O5S/c1-10(17(26)24-15(9-30)19(28)29)23-16(25)8-22-18(27)13(20)6-11-7-21-14-5-3-2-4-12(11)14/h2-5,7,10,13,15,21,30H,6,8-9,20H2,1H3,(H,22,27)(H,23,25)(H,24,26)(H,28,29). The Morgan fingerprint density at radius 3 is 2.53 bits per heavy atom. The fourth-order valence-electron chi connectivity index (χ4n) is 2.77. The summed E-state index contributed by atoms with van der Waals surface area (Å²) < 4.78 is 0. The molecule has 10 nitrogen and oxygen atoms in total. The van der Waals surface area contributed by atoms with Gasteiger partial charge in [-0.05, 0) is 25.0 Å². The minimum Gasteiger partial charge on any atom is -0.480 e. The molecule has 0 saturated carbocycles. The van der Waals surface area contributed by atoms with Crippen molar-refractivity contribution < 1.29 is 24.3 Å². The fraction of sp³-hybridized carbons (Fsp3) is 0.368. The van der Waals surface area contributed by atoms with Gasteiger partial charge in [-0.15, -0.1) is 0 Å². The highest BCUT2D eigenvalue weighted by molar-refractivity contribution is 7.80. The van der Waals surface area contributed by atoms with Crippen molar-refractivity contribution in [1.29, 1.82) is 0 Å². The van der Waals surface area contributed by atoms with Crippen molar-refractivity contribution in [2.24, 2.45) is 5.73 Å². The van der Waals surface area contributed by atoms with E-state index in [9.17, 15) is 19.2 Å². The van der Waals surface area contributed by atoms with Crippen molar-refractivity contribution >= 4 is 47.2 Å². The number of carbonyl (C=O) groups is 4. The highest BCUT2D eigenvalue weighted by Gasteiger charge is 2.23. The Labute approximate surface area is 178 Å². The van der Waals surface area contributed by atoms with E-state index in [0.29, 0.717) is 0 Å². The second kappa shape index (κ2) is 10.6. The van der Waals surface area contributed by atoms with Crippen molar-refractivity contribution in [3.63, 3.8) is 0 Å². The number of aromatic nitrogens is 1. The van der Waals surface area contributed by atoms with Crippen LogP contribution >= 0.6 is 12.6 Å². The molecule has 11 heteroatoms. The molecule has 0 radical (unpaired) electrons. The number of aromatic amines is 1. The summed E-state index contributed by atoms with van der Waals surface area (Å²) in [6.07, 6.45) is 2.08. The van der Waals surface area contributed by atoms with Crippen molar-refractivity contribution in [3.8, 4) is 0 Å². The molecule has 162 valence electrons. The molecule has 3 amide bonds. The number of nitrogens with one attached hydrogen (secondary N) is 4.